The number of hydrogen-bond donors (Lipinski definition) is 1. The van der Waals surface area contributed by atoms with Crippen molar-refractivity contribution in [3.8, 4) is 0 Å². The number of carbonyl (C=O) groups excluding carboxylic acids is 2. The predicted molar refractivity (Wildman–Crippen MR) is 26.8 cm³/mol. The molecule has 8 heavy (non-hydrogen) atoms. The second kappa shape index (κ2) is 1.80. The Morgan fingerprint density at radius 2 is 2.50 bits per heavy atom. The molecule has 1 N–H and O–H groups in total. The highest BCUT2D eigenvalue weighted by Gasteiger charge is 2.22. The molecule has 0 aromatic rings. The van der Waals surface area contributed by atoms with Gasteiger partial charge in [-0.15, -0.1) is 0 Å². The Morgan fingerprint density at radius 1 is 1.88 bits per heavy atom. The molecule has 0 radical (unpaired) electrons. The Morgan fingerprint density at radius 3 is 2.88 bits per heavy atom. The van der Waals surface area contributed by atoms with Crippen molar-refractivity contribution in [2.75, 3.05) is 0 Å². The van der Waals surface area contributed by atoms with Gasteiger partial charge in [0, 0.05) is 6.08 Å². The molecule has 3 nitrogen and oxygen atoms in total. The first-order valence-corrected chi connectivity index (χ1v) is 2.33. The molecule has 1 unspecified atom stereocenters. The molecule has 1 saturated heterocycles. The highest BCUT2D eigenvalue weighted by Crippen LogP contribution is 2.02. The summed E-state index contributed by atoms with van der Waals surface area (Å²) in [6.07, 6.45) is 1.75. The zero-order valence-electron chi connectivity index (χ0n) is 4.18. The van der Waals surface area contributed by atoms with Crippen molar-refractivity contribution >= 4 is 11.8 Å². The van der Waals surface area contributed by atoms with E-state index in [9.17, 15) is 9.59 Å². The molecule has 0 bridgehead atoms. The third-order valence-corrected chi connectivity index (χ3v) is 1.02. The number of hydrogen-bond acceptors (Lipinski definition) is 2. The second-order valence-electron chi connectivity index (χ2n) is 1.66. The smallest absolute Gasteiger partial charge is 0.222 e. The lowest BCUT2D eigenvalue weighted by molar-refractivity contribution is -0.127. The SMILES string of the molecule is O=C=CC1CC(=O)N1. The molecule has 1 atom stereocenters. The van der Waals surface area contributed by atoms with E-state index in [1.54, 1.807) is 5.94 Å². The molecule has 1 aliphatic heterocycles. The maximum absolute atomic E-state index is 10.1. The van der Waals surface area contributed by atoms with E-state index < -0.39 is 0 Å². The summed E-state index contributed by atoms with van der Waals surface area (Å²) in [7, 11) is 0. The van der Waals surface area contributed by atoms with Gasteiger partial charge >= 0.3 is 0 Å². The van der Waals surface area contributed by atoms with Gasteiger partial charge in [0.25, 0.3) is 0 Å². The topological polar surface area (TPSA) is 46.2 Å². The van der Waals surface area contributed by atoms with E-state index in [-0.39, 0.29) is 11.9 Å². The fourth-order valence-electron chi connectivity index (χ4n) is 0.568. The Hall–Kier alpha value is -1.08. The molecule has 0 aromatic carbocycles. The van der Waals surface area contributed by atoms with Crippen molar-refractivity contribution in [2.45, 2.75) is 12.5 Å². The van der Waals surface area contributed by atoms with Gasteiger partial charge in [0.1, 0.15) is 5.94 Å². The molecule has 42 valence electrons. The summed E-state index contributed by atoms with van der Waals surface area (Å²) in [6.45, 7) is 0. The summed E-state index contributed by atoms with van der Waals surface area (Å²) in [5, 5.41) is 2.49. The maximum atomic E-state index is 10.1. The van der Waals surface area contributed by atoms with E-state index in [4.69, 9.17) is 0 Å². The Bertz CT molecular complexity index is 150. The van der Waals surface area contributed by atoms with Crippen molar-refractivity contribution in [3.05, 3.63) is 6.08 Å². The van der Waals surface area contributed by atoms with Gasteiger partial charge in [-0.2, -0.15) is 0 Å². The van der Waals surface area contributed by atoms with Gasteiger partial charge in [0.05, 0.1) is 12.5 Å². The summed E-state index contributed by atoms with van der Waals surface area (Å²) < 4.78 is 0. The monoisotopic (exact) mass is 111 g/mol. The summed E-state index contributed by atoms with van der Waals surface area (Å²) in [6, 6.07) is -0.0417. The lowest BCUT2D eigenvalue weighted by Crippen LogP contribution is -2.47. The molecule has 1 amide bonds. The van der Waals surface area contributed by atoms with Crippen LogP contribution in [0.2, 0.25) is 0 Å². The fourth-order valence-corrected chi connectivity index (χ4v) is 0.568. The normalized spacial score (nSPS) is 25.0. The highest BCUT2D eigenvalue weighted by atomic mass is 16.2. The van der Waals surface area contributed by atoms with Crippen molar-refractivity contribution in [1.29, 1.82) is 0 Å². The number of amides is 1. The van der Waals surface area contributed by atoms with Gasteiger partial charge in [0.15, 0.2) is 0 Å². The van der Waals surface area contributed by atoms with Crippen molar-refractivity contribution in [1.82, 2.24) is 5.32 Å². The van der Waals surface area contributed by atoms with Gasteiger partial charge in [0.2, 0.25) is 5.91 Å². The van der Waals surface area contributed by atoms with Crippen LogP contribution in [0.1, 0.15) is 6.42 Å². The minimum absolute atomic E-state index is 0.00139. The maximum Gasteiger partial charge on any atom is 0.222 e. The molecular weight excluding hydrogens is 106 g/mol. The van der Waals surface area contributed by atoms with E-state index in [0.717, 1.165) is 0 Å². The van der Waals surface area contributed by atoms with Crippen LogP contribution in [0.15, 0.2) is 6.08 Å². The molecule has 1 rings (SSSR count). The van der Waals surface area contributed by atoms with Crippen LogP contribution < -0.4 is 5.32 Å². The number of nitrogens with one attached hydrogen (secondary N) is 1. The third-order valence-electron chi connectivity index (χ3n) is 1.02. The van der Waals surface area contributed by atoms with Crippen LogP contribution in [0, 0.1) is 0 Å². The molecule has 0 aromatic heterocycles. The van der Waals surface area contributed by atoms with Gasteiger partial charge in [-0.3, -0.25) is 4.79 Å². The minimum Gasteiger partial charge on any atom is -0.349 e. The van der Waals surface area contributed by atoms with Crippen molar-refractivity contribution < 1.29 is 9.59 Å². The van der Waals surface area contributed by atoms with E-state index in [0.29, 0.717) is 6.42 Å². The third kappa shape index (κ3) is 0.768. The van der Waals surface area contributed by atoms with Gasteiger partial charge in [-0.05, 0) is 0 Å². The Labute approximate surface area is 46.4 Å². The standard InChI is InChI=1S/C5H5NO2/c7-2-1-4-3-5(8)6-4/h1,4H,3H2,(H,6,8). The van der Waals surface area contributed by atoms with Crippen LogP contribution in [0.5, 0.6) is 0 Å². The summed E-state index contributed by atoms with van der Waals surface area (Å²) in [5.41, 5.74) is 0. The quantitative estimate of drug-likeness (QED) is 0.358. The van der Waals surface area contributed by atoms with Crippen LogP contribution >= 0.6 is 0 Å². The van der Waals surface area contributed by atoms with E-state index in [1.807, 2.05) is 0 Å². The largest absolute Gasteiger partial charge is 0.349 e. The first-order valence-electron chi connectivity index (χ1n) is 2.33. The molecule has 0 saturated carbocycles. The van der Waals surface area contributed by atoms with E-state index in [1.165, 1.54) is 6.08 Å². The highest BCUT2D eigenvalue weighted by molar-refractivity contribution is 5.84. The second-order valence-corrected chi connectivity index (χ2v) is 1.66. The summed E-state index contributed by atoms with van der Waals surface area (Å²) in [5.74, 6) is 1.60. The van der Waals surface area contributed by atoms with Crippen LogP contribution in [0.25, 0.3) is 0 Å². The van der Waals surface area contributed by atoms with Crippen LogP contribution in [0.3, 0.4) is 0 Å². The number of rotatable bonds is 1. The zero-order valence-corrected chi connectivity index (χ0v) is 4.18. The Kier molecular flexibility index (Phi) is 1.14. The number of β-lactam (4-membered cyclic amide) rings is 1. The molecule has 1 fully saturated rings. The Balaban J connectivity index is 2.35. The fraction of sp³-hybridized carbons (Fsp3) is 0.400. The van der Waals surface area contributed by atoms with Crippen molar-refractivity contribution in [2.24, 2.45) is 0 Å². The minimum atomic E-state index is -0.0417. The molecular formula is C5H5NO2. The van der Waals surface area contributed by atoms with Crippen LogP contribution in [-0.4, -0.2) is 17.9 Å². The average molecular weight is 111 g/mol. The van der Waals surface area contributed by atoms with Gasteiger partial charge in [-0.1, -0.05) is 0 Å². The van der Waals surface area contributed by atoms with Crippen LogP contribution in [0.4, 0.5) is 0 Å². The first-order chi connectivity index (χ1) is 3.83. The molecule has 0 aliphatic carbocycles. The lowest BCUT2D eigenvalue weighted by Gasteiger charge is -2.21. The molecule has 1 heterocycles. The average Bonchev–Trinajstić information content (AvgIpc) is 1.64. The van der Waals surface area contributed by atoms with E-state index in [2.05, 4.69) is 5.32 Å². The zero-order chi connectivity index (χ0) is 5.98. The summed E-state index contributed by atoms with van der Waals surface area (Å²) >= 11 is 0. The van der Waals surface area contributed by atoms with E-state index >= 15 is 0 Å². The molecule has 0 spiro atoms. The van der Waals surface area contributed by atoms with Crippen molar-refractivity contribution in [3.63, 3.8) is 0 Å². The predicted octanol–water partition coefficient (Wildman–Crippen LogP) is -0.737. The van der Waals surface area contributed by atoms with Gasteiger partial charge in [-0.25, -0.2) is 4.79 Å². The number of carbonyl (C=O) groups is 1. The summed E-state index contributed by atoms with van der Waals surface area (Å²) in [4.78, 5) is 19.7. The first kappa shape index (κ1) is 5.06. The lowest BCUT2D eigenvalue weighted by atomic mass is 10.1. The molecule has 1 aliphatic rings. The molecule has 3 heteroatoms. The van der Waals surface area contributed by atoms with Crippen LogP contribution in [-0.2, 0) is 9.59 Å². The van der Waals surface area contributed by atoms with Gasteiger partial charge < -0.3 is 5.32 Å².